The van der Waals surface area contributed by atoms with Gasteiger partial charge in [-0.15, -0.1) is 0 Å². The summed E-state index contributed by atoms with van der Waals surface area (Å²) < 4.78 is 13.6. The number of aromatic nitrogens is 2. The molecule has 1 saturated heterocycles. The number of carbonyl (C=O) groups excluding carboxylic acids is 1. The number of carbonyl (C=O) groups is 1. The molecule has 29 heavy (non-hydrogen) atoms. The minimum absolute atomic E-state index is 0.0947. The van der Waals surface area contributed by atoms with Crippen molar-refractivity contribution in [3.05, 3.63) is 54.4 Å². The second-order valence-corrected chi connectivity index (χ2v) is 8.27. The molecule has 1 atom stereocenters. The Bertz CT molecular complexity index is 1040. The van der Waals surface area contributed by atoms with Crippen molar-refractivity contribution >= 4 is 23.2 Å². The zero-order valence-electron chi connectivity index (χ0n) is 16.1. The Morgan fingerprint density at radius 1 is 1.14 bits per heavy atom. The van der Waals surface area contributed by atoms with Gasteiger partial charge >= 0.3 is 0 Å². The molecular weight excluding hydrogens is 386 g/mol. The number of hydrogen-bond acceptors (Lipinski definition) is 5. The van der Waals surface area contributed by atoms with Crippen molar-refractivity contribution in [3.63, 3.8) is 0 Å². The van der Waals surface area contributed by atoms with E-state index in [2.05, 4.69) is 11.1 Å². The number of imidazole rings is 1. The SMILES string of the molecule is O=C(CSc1ncc2ccccn12)N1CCCC1c1ccc2c(c1)OCCCO2. The summed E-state index contributed by atoms with van der Waals surface area (Å²) in [6, 6.07) is 12.2. The van der Waals surface area contributed by atoms with E-state index in [1.54, 1.807) is 0 Å². The second-order valence-electron chi connectivity index (χ2n) is 7.33. The number of thioether (sulfide) groups is 1. The summed E-state index contributed by atoms with van der Waals surface area (Å²) in [7, 11) is 0. The summed E-state index contributed by atoms with van der Waals surface area (Å²) in [5.74, 6) is 2.12. The van der Waals surface area contributed by atoms with Crippen LogP contribution >= 0.6 is 11.8 Å². The van der Waals surface area contributed by atoms with Crippen LogP contribution in [0.4, 0.5) is 0 Å². The van der Waals surface area contributed by atoms with Gasteiger partial charge in [0.2, 0.25) is 5.91 Å². The highest BCUT2D eigenvalue weighted by Crippen LogP contribution is 2.38. The van der Waals surface area contributed by atoms with E-state index in [-0.39, 0.29) is 11.9 Å². The molecule has 6 nitrogen and oxygen atoms in total. The van der Waals surface area contributed by atoms with E-state index in [4.69, 9.17) is 9.47 Å². The van der Waals surface area contributed by atoms with Gasteiger partial charge in [0.1, 0.15) is 0 Å². The maximum atomic E-state index is 13.0. The normalized spacial score (nSPS) is 18.8. The van der Waals surface area contributed by atoms with Crippen molar-refractivity contribution in [2.45, 2.75) is 30.5 Å². The molecule has 5 rings (SSSR count). The molecule has 3 aromatic rings. The van der Waals surface area contributed by atoms with E-state index in [1.165, 1.54) is 11.8 Å². The molecule has 150 valence electrons. The van der Waals surface area contributed by atoms with Crippen molar-refractivity contribution in [1.82, 2.24) is 14.3 Å². The molecule has 1 fully saturated rings. The van der Waals surface area contributed by atoms with Crippen LogP contribution in [0, 0.1) is 0 Å². The fourth-order valence-electron chi connectivity index (χ4n) is 4.03. The Kier molecular flexibility index (Phi) is 5.06. The number of ether oxygens (including phenoxy) is 2. The average Bonchev–Trinajstić information content (AvgIpc) is 3.33. The topological polar surface area (TPSA) is 56.1 Å². The van der Waals surface area contributed by atoms with Gasteiger partial charge in [-0.3, -0.25) is 9.20 Å². The Morgan fingerprint density at radius 2 is 2.03 bits per heavy atom. The molecule has 0 aliphatic carbocycles. The minimum Gasteiger partial charge on any atom is -0.490 e. The van der Waals surface area contributed by atoms with Crippen LogP contribution in [0.5, 0.6) is 11.5 Å². The number of nitrogens with zero attached hydrogens (tertiary/aromatic N) is 3. The van der Waals surface area contributed by atoms with Gasteiger partial charge < -0.3 is 14.4 Å². The van der Waals surface area contributed by atoms with E-state index < -0.39 is 0 Å². The van der Waals surface area contributed by atoms with Gasteiger partial charge in [0, 0.05) is 19.2 Å². The van der Waals surface area contributed by atoms with Gasteiger partial charge in [-0.25, -0.2) is 4.98 Å². The van der Waals surface area contributed by atoms with Crippen LogP contribution in [-0.4, -0.2) is 45.7 Å². The number of amides is 1. The van der Waals surface area contributed by atoms with Crippen LogP contribution in [-0.2, 0) is 4.79 Å². The molecule has 0 radical (unpaired) electrons. The van der Waals surface area contributed by atoms with Crippen molar-refractivity contribution < 1.29 is 14.3 Å². The number of likely N-dealkylation sites (tertiary alicyclic amines) is 1. The quantitative estimate of drug-likeness (QED) is 0.611. The number of fused-ring (bicyclic) bond motifs is 2. The van der Waals surface area contributed by atoms with Crippen molar-refractivity contribution in [2.24, 2.45) is 0 Å². The van der Waals surface area contributed by atoms with E-state index in [1.807, 2.05) is 52.0 Å². The summed E-state index contributed by atoms with van der Waals surface area (Å²) in [6.07, 6.45) is 6.69. The highest BCUT2D eigenvalue weighted by atomic mass is 32.2. The lowest BCUT2D eigenvalue weighted by atomic mass is 10.0. The van der Waals surface area contributed by atoms with Crippen LogP contribution < -0.4 is 9.47 Å². The van der Waals surface area contributed by atoms with Crippen molar-refractivity contribution in [3.8, 4) is 11.5 Å². The molecule has 0 bridgehead atoms. The zero-order chi connectivity index (χ0) is 19.6. The van der Waals surface area contributed by atoms with Gasteiger partial charge in [-0.1, -0.05) is 23.9 Å². The lowest BCUT2D eigenvalue weighted by Gasteiger charge is -2.25. The molecule has 4 heterocycles. The molecule has 2 aromatic heterocycles. The molecule has 0 spiro atoms. The first-order valence-corrected chi connectivity index (χ1v) is 11.0. The Morgan fingerprint density at radius 3 is 2.97 bits per heavy atom. The molecule has 2 aliphatic heterocycles. The molecule has 1 amide bonds. The highest BCUT2D eigenvalue weighted by Gasteiger charge is 2.30. The molecule has 0 saturated carbocycles. The monoisotopic (exact) mass is 409 g/mol. The summed E-state index contributed by atoms with van der Waals surface area (Å²) in [5.41, 5.74) is 2.16. The highest BCUT2D eigenvalue weighted by molar-refractivity contribution is 7.99. The molecule has 1 unspecified atom stereocenters. The summed E-state index contributed by atoms with van der Waals surface area (Å²) >= 11 is 1.49. The lowest BCUT2D eigenvalue weighted by molar-refractivity contribution is -0.129. The number of hydrogen-bond donors (Lipinski definition) is 0. The first kappa shape index (κ1) is 18.4. The minimum atomic E-state index is 0.0947. The smallest absolute Gasteiger partial charge is 0.233 e. The van der Waals surface area contributed by atoms with Gasteiger partial charge in [0.25, 0.3) is 0 Å². The Labute approximate surface area is 173 Å². The van der Waals surface area contributed by atoms with E-state index >= 15 is 0 Å². The fraction of sp³-hybridized carbons (Fsp3) is 0.364. The Hall–Kier alpha value is -2.67. The molecule has 0 N–H and O–H groups in total. The van der Waals surface area contributed by atoms with Crippen LogP contribution in [0.3, 0.4) is 0 Å². The van der Waals surface area contributed by atoms with Crippen molar-refractivity contribution in [1.29, 1.82) is 0 Å². The lowest BCUT2D eigenvalue weighted by Crippen LogP contribution is -2.32. The van der Waals surface area contributed by atoms with Crippen molar-refractivity contribution in [2.75, 3.05) is 25.5 Å². The standard InChI is InChI=1S/C22H23N3O3S/c26-21(15-29-22-23-14-17-5-1-2-9-24(17)22)25-10-3-6-18(25)16-7-8-19-20(13-16)28-12-4-11-27-19/h1-2,5,7-9,13-14,18H,3-4,6,10-12,15H2. The summed E-state index contributed by atoms with van der Waals surface area (Å²) in [4.78, 5) is 19.5. The molecule has 2 aliphatic rings. The van der Waals surface area contributed by atoms with E-state index in [0.29, 0.717) is 19.0 Å². The van der Waals surface area contributed by atoms with Gasteiger partial charge in [-0.05, 0) is 42.7 Å². The predicted octanol–water partition coefficient (Wildman–Crippen LogP) is 3.95. The third-order valence-corrected chi connectivity index (χ3v) is 6.41. The average molecular weight is 410 g/mol. The predicted molar refractivity (Wildman–Crippen MR) is 112 cm³/mol. The Balaban J connectivity index is 1.30. The third kappa shape index (κ3) is 3.67. The van der Waals surface area contributed by atoms with Crippen LogP contribution in [0.25, 0.3) is 5.52 Å². The second kappa shape index (κ2) is 7.99. The maximum Gasteiger partial charge on any atom is 0.233 e. The van der Waals surface area contributed by atoms with Crippen LogP contribution in [0.1, 0.15) is 30.9 Å². The third-order valence-electron chi connectivity index (χ3n) is 5.46. The summed E-state index contributed by atoms with van der Waals surface area (Å²) in [5, 5.41) is 0.847. The van der Waals surface area contributed by atoms with Gasteiger partial charge in [0.05, 0.1) is 36.7 Å². The first-order chi connectivity index (χ1) is 14.3. The number of rotatable bonds is 4. The van der Waals surface area contributed by atoms with Crippen LogP contribution in [0.15, 0.2) is 53.9 Å². The molecule has 7 heteroatoms. The number of benzene rings is 1. The molecular formula is C22H23N3O3S. The fourth-order valence-corrected chi connectivity index (χ4v) is 4.89. The maximum absolute atomic E-state index is 13.0. The van der Waals surface area contributed by atoms with E-state index in [0.717, 1.165) is 53.5 Å². The largest absolute Gasteiger partial charge is 0.490 e. The van der Waals surface area contributed by atoms with Gasteiger partial charge in [-0.2, -0.15) is 0 Å². The number of pyridine rings is 1. The molecule has 1 aromatic carbocycles. The summed E-state index contributed by atoms with van der Waals surface area (Å²) in [6.45, 7) is 2.14. The first-order valence-electron chi connectivity index (χ1n) is 10.0. The zero-order valence-corrected chi connectivity index (χ0v) is 16.9. The van der Waals surface area contributed by atoms with Crippen LogP contribution in [0.2, 0.25) is 0 Å². The van der Waals surface area contributed by atoms with Gasteiger partial charge in [0.15, 0.2) is 16.7 Å². The van der Waals surface area contributed by atoms with E-state index in [9.17, 15) is 4.79 Å².